The number of rotatable bonds is 4. The molecule has 0 atom stereocenters. The molecule has 3 aromatic rings. The Labute approximate surface area is 157 Å². The summed E-state index contributed by atoms with van der Waals surface area (Å²) < 4.78 is 1.78. The van der Waals surface area contributed by atoms with Crippen molar-refractivity contribution in [2.24, 2.45) is 7.05 Å². The summed E-state index contributed by atoms with van der Waals surface area (Å²) in [6.45, 7) is 3.63. The molecule has 0 N–H and O–H groups in total. The Morgan fingerprint density at radius 2 is 1.70 bits per heavy atom. The first-order valence-electron chi connectivity index (χ1n) is 9.39. The van der Waals surface area contributed by atoms with Crippen LogP contribution in [0.2, 0.25) is 0 Å². The van der Waals surface area contributed by atoms with E-state index in [9.17, 15) is 0 Å². The highest BCUT2D eigenvalue weighted by atomic mass is 15.3. The van der Waals surface area contributed by atoms with Gasteiger partial charge < -0.3 is 9.80 Å². The van der Waals surface area contributed by atoms with Crippen LogP contribution in [-0.2, 0) is 7.05 Å². The van der Waals surface area contributed by atoms with E-state index in [1.807, 2.05) is 25.6 Å². The first-order chi connectivity index (χ1) is 13.3. The molecule has 8 nitrogen and oxygen atoms in total. The highest BCUT2D eigenvalue weighted by Crippen LogP contribution is 2.39. The molecule has 8 heteroatoms. The van der Waals surface area contributed by atoms with Gasteiger partial charge in [-0.05, 0) is 12.8 Å². The van der Waals surface area contributed by atoms with E-state index >= 15 is 0 Å². The zero-order chi connectivity index (χ0) is 18.2. The molecule has 5 rings (SSSR count). The van der Waals surface area contributed by atoms with Crippen LogP contribution in [-0.4, -0.2) is 55.9 Å². The Kier molecular flexibility index (Phi) is 3.95. The number of nitrogens with zero attached hydrogens (tertiary/aromatic N) is 8. The topological polar surface area (TPSA) is 75.9 Å². The van der Waals surface area contributed by atoms with E-state index in [0.29, 0.717) is 5.92 Å². The Morgan fingerprint density at radius 3 is 2.41 bits per heavy atom. The summed E-state index contributed by atoms with van der Waals surface area (Å²) in [6, 6.07) is 2.16. The molecule has 27 heavy (non-hydrogen) atoms. The van der Waals surface area contributed by atoms with Gasteiger partial charge in [-0.25, -0.2) is 15.0 Å². The molecule has 1 saturated heterocycles. The van der Waals surface area contributed by atoms with Crippen molar-refractivity contribution in [2.45, 2.75) is 18.8 Å². The Hall–Kier alpha value is -3.03. The summed E-state index contributed by atoms with van der Waals surface area (Å²) in [4.78, 5) is 22.7. The Morgan fingerprint density at radius 1 is 0.926 bits per heavy atom. The number of anilines is 2. The molecule has 3 aromatic heterocycles. The van der Waals surface area contributed by atoms with Crippen LogP contribution in [0.15, 0.2) is 37.2 Å². The van der Waals surface area contributed by atoms with Crippen LogP contribution in [0.5, 0.6) is 0 Å². The van der Waals surface area contributed by atoms with Gasteiger partial charge in [0.2, 0.25) is 0 Å². The quantitative estimate of drug-likeness (QED) is 0.701. The van der Waals surface area contributed by atoms with E-state index < -0.39 is 0 Å². The van der Waals surface area contributed by atoms with Crippen LogP contribution in [0.3, 0.4) is 0 Å². The fraction of sp³-hybridized carbons (Fsp3) is 0.421. The second kappa shape index (κ2) is 6.61. The fourth-order valence-corrected chi connectivity index (χ4v) is 3.50. The maximum atomic E-state index is 4.79. The maximum Gasteiger partial charge on any atom is 0.147 e. The lowest BCUT2D eigenvalue weighted by Crippen LogP contribution is -2.47. The van der Waals surface area contributed by atoms with Gasteiger partial charge in [-0.1, -0.05) is 0 Å². The minimum Gasteiger partial charge on any atom is -0.353 e. The van der Waals surface area contributed by atoms with Gasteiger partial charge in [-0.3, -0.25) is 9.67 Å². The van der Waals surface area contributed by atoms with Gasteiger partial charge in [-0.2, -0.15) is 5.10 Å². The number of aromatic nitrogens is 6. The minimum atomic E-state index is 0.651. The summed E-state index contributed by atoms with van der Waals surface area (Å²) >= 11 is 0. The molecule has 138 valence electrons. The molecule has 1 aliphatic heterocycles. The Bertz CT molecular complexity index is 940. The largest absolute Gasteiger partial charge is 0.353 e. The fourth-order valence-electron chi connectivity index (χ4n) is 3.50. The second-order valence-corrected chi connectivity index (χ2v) is 7.21. The summed E-state index contributed by atoms with van der Waals surface area (Å²) in [7, 11) is 1.90. The summed E-state index contributed by atoms with van der Waals surface area (Å²) in [5, 5.41) is 4.22. The lowest BCUT2D eigenvalue weighted by molar-refractivity contribution is 0.639. The lowest BCUT2D eigenvalue weighted by Gasteiger charge is -2.36. The van der Waals surface area contributed by atoms with E-state index in [1.54, 1.807) is 17.2 Å². The molecule has 4 heterocycles. The van der Waals surface area contributed by atoms with Crippen LogP contribution >= 0.6 is 0 Å². The van der Waals surface area contributed by atoms with E-state index in [-0.39, 0.29) is 0 Å². The molecule has 0 unspecified atom stereocenters. The van der Waals surface area contributed by atoms with Crippen LogP contribution in [0.25, 0.3) is 11.3 Å². The summed E-state index contributed by atoms with van der Waals surface area (Å²) in [5.74, 6) is 2.61. The van der Waals surface area contributed by atoms with Crippen molar-refractivity contribution < 1.29 is 0 Å². The normalized spacial score (nSPS) is 17.4. The SMILES string of the molecule is Cn1cc(-c2cncc(N3CCN(c4cc(C5CC5)ncn4)CC3)n2)cn1. The first kappa shape index (κ1) is 16.2. The van der Waals surface area contributed by atoms with Gasteiger partial charge in [0.05, 0.1) is 24.3 Å². The van der Waals surface area contributed by atoms with Crippen molar-refractivity contribution in [2.75, 3.05) is 36.0 Å². The molecule has 1 aliphatic carbocycles. The van der Waals surface area contributed by atoms with Crippen LogP contribution < -0.4 is 9.80 Å². The lowest BCUT2D eigenvalue weighted by atomic mass is 10.2. The highest BCUT2D eigenvalue weighted by molar-refractivity contribution is 5.58. The third-order valence-corrected chi connectivity index (χ3v) is 5.22. The van der Waals surface area contributed by atoms with Gasteiger partial charge in [0.1, 0.15) is 18.0 Å². The zero-order valence-corrected chi connectivity index (χ0v) is 15.4. The number of hydrogen-bond acceptors (Lipinski definition) is 7. The van der Waals surface area contributed by atoms with Crippen molar-refractivity contribution in [1.29, 1.82) is 0 Å². The van der Waals surface area contributed by atoms with Crippen molar-refractivity contribution in [3.63, 3.8) is 0 Å². The molecule has 0 amide bonds. The molecule has 2 aliphatic rings. The molecule has 0 spiro atoms. The average molecular weight is 362 g/mol. The maximum absolute atomic E-state index is 4.79. The van der Waals surface area contributed by atoms with Gasteiger partial charge in [0.15, 0.2) is 0 Å². The van der Waals surface area contributed by atoms with Gasteiger partial charge in [0.25, 0.3) is 0 Å². The van der Waals surface area contributed by atoms with Crippen molar-refractivity contribution >= 4 is 11.6 Å². The Balaban J connectivity index is 1.28. The summed E-state index contributed by atoms with van der Waals surface area (Å²) in [5.41, 5.74) is 3.03. The predicted octanol–water partition coefficient (Wildman–Crippen LogP) is 1.87. The minimum absolute atomic E-state index is 0.651. The smallest absolute Gasteiger partial charge is 0.147 e. The van der Waals surface area contributed by atoms with Crippen LogP contribution in [0.4, 0.5) is 11.6 Å². The molecule has 0 bridgehead atoms. The number of aryl methyl sites for hydroxylation is 1. The van der Waals surface area contributed by atoms with E-state index in [2.05, 4.69) is 35.9 Å². The molecule has 2 fully saturated rings. The first-order valence-corrected chi connectivity index (χ1v) is 9.39. The van der Waals surface area contributed by atoms with E-state index in [4.69, 9.17) is 4.98 Å². The van der Waals surface area contributed by atoms with Gasteiger partial charge >= 0.3 is 0 Å². The predicted molar refractivity (Wildman–Crippen MR) is 103 cm³/mol. The van der Waals surface area contributed by atoms with Crippen molar-refractivity contribution in [3.8, 4) is 11.3 Å². The highest BCUT2D eigenvalue weighted by Gasteiger charge is 2.26. The average Bonchev–Trinajstić information content (AvgIpc) is 3.49. The van der Waals surface area contributed by atoms with Crippen LogP contribution in [0, 0.1) is 0 Å². The standard InChI is InChI=1S/C19H22N8/c1-25-12-15(9-23-25)17-10-20-11-19(24-17)27-6-4-26(5-7-27)18-8-16(14-2-3-14)21-13-22-18/h8-14H,2-7H2,1H3. The zero-order valence-electron chi connectivity index (χ0n) is 15.4. The van der Waals surface area contributed by atoms with Crippen LogP contribution in [0.1, 0.15) is 24.5 Å². The molecule has 0 aromatic carbocycles. The third kappa shape index (κ3) is 3.34. The van der Waals surface area contributed by atoms with Gasteiger partial charge in [-0.15, -0.1) is 0 Å². The van der Waals surface area contributed by atoms with Gasteiger partial charge in [0, 0.05) is 62.7 Å². The van der Waals surface area contributed by atoms with Crippen molar-refractivity contribution in [1.82, 2.24) is 29.7 Å². The van der Waals surface area contributed by atoms with E-state index in [0.717, 1.165) is 49.1 Å². The third-order valence-electron chi connectivity index (χ3n) is 5.22. The molecular formula is C19H22N8. The number of hydrogen-bond donors (Lipinski definition) is 0. The molecule has 1 saturated carbocycles. The molecule has 0 radical (unpaired) electrons. The monoisotopic (exact) mass is 362 g/mol. The van der Waals surface area contributed by atoms with Crippen molar-refractivity contribution in [3.05, 3.63) is 42.9 Å². The van der Waals surface area contributed by atoms with E-state index in [1.165, 1.54) is 18.5 Å². The number of piperazine rings is 1. The second-order valence-electron chi connectivity index (χ2n) is 7.21. The summed E-state index contributed by atoms with van der Waals surface area (Å²) in [6.07, 6.45) is 11.6. The molecular weight excluding hydrogens is 340 g/mol.